The molecule has 1 saturated carbocycles. The van der Waals surface area contributed by atoms with Gasteiger partial charge in [-0.15, -0.1) is 0 Å². The molecule has 2 aliphatic rings. The highest BCUT2D eigenvalue weighted by Crippen LogP contribution is 2.38. The predicted molar refractivity (Wildman–Crippen MR) is 74.7 cm³/mol. The molecule has 0 radical (unpaired) electrons. The number of piperazine rings is 1. The summed E-state index contributed by atoms with van der Waals surface area (Å²) < 4.78 is 0. The van der Waals surface area contributed by atoms with E-state index >= 15 is 0 Å². The van der Waals surface area contributed by atoms with Crippen LogP contribution in [-0.4, -0.2) is 34.8 Å². The van der Waals surface area contributed by atoms with Crippen LogP contribution in [0, 0.1) is 0 Å². The molecule has 2 rings (SSSR count). The van der Waals surface area contributed by atoms with Gasteiger partial charge in [0.25, 0.3) is 0 Å². The van der Waals surface area contributed by atoms with Crippen molar-refractivity contribution in [2.75, 3.05) is 6.54 Å². The maximum Gasteiger partial charge on any atom is 0.246 e. The smallest absolute Gasteiger partial charge is 0.246 e. The van der Waals surface area contributed by atoms with E-state index in [1.807, 2.05) is 4.90 Å². The van der Waals surface area contributed by atoms with E-state index in [1.54, 1.807) is 6.92 Å². The average Bonchev–Trinajstić information content (AvgIpc) is 2.87. The Balaban J connectivity index is 2.08. The molecule has 1 atom stereocenters. The molecule has 1 aliphatic heterocycles. The molecule has 1 unspecified atom stereocenters. The largest absolute Gasteiger partial charge is 0.343 e. The number of carbonyl (C=O) groups excluding carboxylic acids is 2. The molecule has 1 saturated heterocycles. The molecule has 1 heterocycles. The summed E-state index contributed by atoms with van der Waals surface area (Å²) in [5.41, 5.74) is -0.518. The van der Waals surface area contributed by atoms with Crippen molar-refractivity contribution < 1.29 is 9.59 Å². The summed E-state index contributed by atoms with van der Waals surface area (Å²) in [7, 11) is 0. The van der Waals surface area contributed by atoms with Crippen LogP contribution in [0.2, 0.25) is 0 Å². The van der Waals surface area contributed by atoms with Crippen molar-refractivity contribution in [1.29, 1.82) is 0 Å². The maximum atomic E-state index is 12.4. The van der Waals surface area contributed by atoms with Gasteiger partial charge in [0.05, 0.1) is 0 Å². The van der Waals surface area contributed by atoms with Gasteiger partial charge in [0.1, 0.15) is 11.6 Å². The Hall–Kier alpha value is -1.06. The monoisotopic (exact) mass is 266 g/mol. The van der Waals surface area contributed by atoms with Gasteiger partial charge in [-0.2, -0.15) is 0 Å². The zero-order chi connectivity index (χ0) is 13.9. The van der Waals surface area contributed by atoms with E-state index in [0.29, 0.717) is 0 Å². The molecule has 0 aromatic carbocycles. The number of hydrogen-bond acceptors (Lipinski definition) is 2. The van der Waals surface area contributed by atoms with E-state index in [-0.39, 0.29) is 17.9 Å². The highest BCUT2D eigenvalue weighted by molar-refractivity contribution is 5.99. The summed E-state index contributed by atoms with van der Waals surface area (Å²) in [5.74, 6) is 0.186. The topological polar surface area (TPSA) is 49.4 Å². The molecule has 0 bridgehead atoms. The normalized spacial score (nSPS) is 26.0. The van der Waals surface area contributed by atoms with Crippen LogP contribution >= 0.6 is 0 Å². The lowest BCUT2D eigenvalue weighted by Crippen LogP contribution is -2.69. The van der Waals surface area contributed by atoms with Crippen molar-refractivity contribution in [3.63, 3.8) is 0 Å². The number of amides is 2. The van der Waals surface area contributed by atoms with Gasteiger partial charge in [0.15, 0.2) is 0 Å². The van der Waals surface area contributed by atoms with Gasteiger partial charge in [-0.1, -0.05) is 39.0 Å². The molecule has 4 heteroatoms. The highest BCUT2D eigenvalue weighted by Gasteiger charge is 2.52. The second-order valence-corrected chi connectivity index (χ2v) is 5.98. The Morgan fingerprint density at radius 3 is 2.53 bits per heavy atom. The van der Waals surface area contributed by atoms with Crippen LogP contribution in [0.3, 0.4) is 0 Å². The minimum Gasteiger partial charge on any atom is -0.343 e. The van der Waals surface area contributed by atoms with Crippen molar-refractivity contribution in [1.82, 2.24) is 10.2 Å². The average molecular weight is 266 g/mol. The maximum absolute atomic E-state index is 12.4. The first-order chi connectivity index (χ1) is 9.12. The van der Waals surface area contributed by atoms with Crippen LogP contribution in [0.25, 0.3) is 0 Å². The number of nitrogens with one attached hydrogen (secondary N) is 1. The van der Waals surface area contributed by atoms with E-state index in [2.05, 4.69) is 12.2 Å². The van der Waals surface area contributed by atoms with Crippen molar-refractivity contribution >= 4 is 11.8 Å². The molecule has 108 valence electrons. The third-order valence-corrected chi connectivity index (χ3v) is 4.59. The Bertz CT molecular complexity index is 348. The molecule has 2 fully saturated rings. The minimum atomic E-state index is -0.518. The number of unbranched alkanes of at least 4 members (excludes halogenated alkanes) is 3. The quantitative estimate of drug-likeness (QED) is 0.776. The molecule has 1 aliphatic carbocycles. The SMILES string of the molecule is CCCCCCN1C(=O)C(C)NC(=O)C12CCCC2. The van der Waals surface area contributed by atoms with Crippen LogP contribution < -0.4 is 5.32 Å². The Morgan fingerprint density at radius 1 is 1.21 bits per heavy atom. The van der Waals surface area contributed by atoms with Crippen molar-refractivity contribution in [2.45, 2.75) is 76.8 Å². The zero-order valence-corrected chi connectivity index (χ0v) is 12.2. The molecule has 1 N–H and O–H groups in total. The Labute approximate surface area is 115 Å². The van der Waals surface area contributed by atoms with Crippen molar-refractivity contribution in [3.05, 3.63) is 0 Å². The number of hydrogen-bond donors (Lipinski definition) is 1. The first kappa shape index (κ1) is 14.4. The summed E-state index contributed by atoms with van der Waals surface area (Å²) in [6.07, 6.45) is 8.34. The summed E-state index contributed by atoms with van der Waals surface area (Å²) in [5, 5.41) is 2.86. The lowest BCUT2D eigenvalue weighted by molar-refractivity contribution is -0.156. The summed E-state index contributed by atoms with van der Waals surface area (Å²) in [4.78, 5) is 26.7. The summed E-state index contributed by atoms with van der Waals surface area (Å²) in [6, 6.07) is -0.357. The van der Waals surface area contributed by atoms with Gasteiger partial charge >= 0.3 is 0 Å². The van der Waals surface area contributed by atoms with Crippen molar-refractivity contribution in [3.8, 4) is 0 Å². The standard InChI is InChI=1S/C15H26N2O2/c1-3-4-5-8-11-17-13(18)12(2)16-14(19)15(17)9-6-7-10-15/h12H,3-11H2,1-2H3,(H,16,19). The lowest BCUT2D eigenvalue weighted by atomic mass is 9.89. The molecule has 19 heavy (non-hydrogen) atoms. The summed E-state index contributed by atoms with van der Waals surface area (Å²) >= 11 is 0. The molecule has 2 amide bonds. The summed E-state index contributed by atoms with van der Waals surface area (Å²) in [6.45, 7) is 4.72. The Morgan fingerprint density at radius 2 is 1.89 bits per heavy atom. The van der Waals surface area contributed by atoms with Crippen LogP contribution in [0.1, 0.15) is 65.2 Å². The third kappa shape index (κ3) is 2.63. The van der Waals surface area contributed by atoms with Gasteiger partial charge < -0.3 is 10.2 Å². The third-order valence-electron chi connectivity index (χ3n) is 4.59. The predicted octanol–water partition coefficient (Wildman–Crippen LogP) is 2.23. The van der Waals surface area contributed by atoms with Gasteiger partial charge in [-0.3, -0.25) is 9.59 Å². The van der Waals surface area contributed by atoms with Gasteiger partial charge in [-0.05, 0) is 26.2 Å². The van der Waals surface area contributed by atoms with E-state index in [0.717, 1.165) is 45.1 Å². The molecule has 0 aromatic heterocycles. The Kier molecular flexibility index (Phi) is 4.48. The highest BCUT2D eigenvalue weighted by atomic mass is 16.2. The second-order valence-electron chi connectivity index (χ2n) is 5.98. The zero-order valence-electron chi connectivity index (χ0n) is 12.2. The molecule has 0 aromatic rings. The fraction of sp³-hybridized carbons (Fsp3) is 0.867. The number of nitrogens with zero attached hydrogens (tertiary/aromatic N) is 1. The van der Waals surface area contributed by atoms with E-state index in [9.17, 15) is 9.59 Å². The van der Waals surface area contributed by atoms with Crippen LogP contribution in [0.4, 0.5) is 0 Å². The van der Waals surface area contributed by atoms with E-state index in [4.69, 9.17) is 0 Å². The molecular weight excluding hydrogens is 240 g/mol. The van der Waals surface area contributed by atoms with Crippen LogP contribution in [0.5, 0.6) is 0 Å². The number of rotatable bonds is 5. The van der Waals surface area contributed by atoms with Gasteiger partial charge in [0, 0.05) is 6.54 Å². The second kappa shape index (κ2) is 5.93. The first-order valence-corrected chi connectivity index (χ1v) is 7.74. The fourth-order valence-corrected chi connectivity index (χ4v) is 3.44. The molecule has 1 spiro atoms. The van der Waals surface area contributed by atoms with E-state index in [1.165, 1.54) is 12.8 Å². The lowest BCUT2D eigenvalue weighted by Gasteiger charge is -2.45. The minimum absolute atomic E-state index is 0.0765. The van der Waals surface area contributed by atoms with Crippen LogP contribution in [0.15, 0.2) is 0 Å². The fourth-order valence-electron chi connectivity index (χ4n) is 3.44. The first-order valence-electron chi connectivity index (χ1n) is 7.74. The molecular formula is C15H26N2O2. The van der Waals surface area contributed by atoms with Crippen molar-refractivity contribution in [2.24, 2.45) is 0 Å². The van der Waals surface area contributed by atoms with Gasteiger partial charge in [0.2, 0.25) is 11.8 Å². The van der Waals surface area contributed by atoms with Gasteiger partial charge in [-0.25, -0.2) is 0 Å². The molecule has 4 nitrogen and oxygen atoms in total. The van der Waals surface area contributed by atoms with Crippen LogP contribution in [-0.2, 0) is 9.59 Å². The van der Waals surface area contributed by atoms with E-state index < -0.39 is 5.54 Å². The number of carbonyl (C=O) groups is 2.